The largest absolute Gasteiger partial charge is 0.494 e. The number of benzene rings is 1. The number of fused-ring (bicyclic) bond motifs is 4. The molecule has 3 amide bonds. The second kappa shape index (κ2) is 9.59. The second-order valence-electron chi connectivity index (χ2n) is 10.2. The molecular formula is C27H33FN4O5. The fourth-order valence-corrected chi connectivity index (χ4v) is 5.90. The number of halogens is 1. The molecule has 0 radical (unpaired) electrons. The number of carbonyl (C=O) groups excluding carboxylic acids is 2. The Kier molecular flexibility index (Phi) is 6.59. The van der Waals surface area contributed by atoms with Crippen LogP contribution < -0.4 is 4.74 Å². The first-order valence-corrected chi connectivity index (χ1v) is 12.6. The first-order valence-electron chi connectivity index (χ1n) is 12.6. The van der Waals surface area contributed by atoms with Crippen LogP contribution in [0.1, 0.15) is 37.1 Å². The number of likely N-dealkylation sites (N-methyl/N-ethyl adjacent to an activating group) is 1. The zero-order valence-electron chi connectivity index (χ0n) is 21.3. The molecule has 1 aromatic carbocycles. The molecule has 1 aromatic heterocycles. The monoisotopic (exact) mass is 512 g/mol. The van der Waals surface area contributed by atoms with Crippen molar-refractivity contribution < 1.29 is 28.9 Å². The maximum atomic E-state index is 15.5. The topological polar surface area (TPSA) is 109 Å². The van der Waals surface area contributed by atoms with E-state index in [1.165, 1.54) is 12.0 Å². The number of urea groups is 1. The fraction of sp³-hybridized carbons (Fsp3) is 0.481. The number of aromatic nitrogens is 1. The van der Waals surface area contributed by atoms with Gasteiger partial charge in [-0.2, -0.15) is 0 Å². The smallest absolute Gasteiger partial charge is 0.328 e. The Morgan fingerprint density at radius 1 is 1.30 bits per heavy atom. The molecule has 3 heterocycles. The highest BCUT2D eigenvalue weighted by Gasteiger charge is 2.60. The van der Waals surface area contributed by atoms with Gasteiger partial charge in [-0.1, -0.05) is 18.2 Å². The van der Waals surface area contributed by atoms with E-state index in [1.54, 1.807) is 30.0 Å². The third kappa shape index (κ3) is 4.03. The minimum Gasteiger partial charge on any atom is -0.494 e. The van der Waals surface area contributed by atoms with Crippen molar-refractivity contribution in [3.63, 3.8) is 0 Å². The number of rotatable bonds is 8. The summed E-state index contributed by atoms with van der Waals surface area (Å²) in [6, 6.07) is 2.18. The number of hydrogen-bond acceptors (Lipinski definition) is 6. The van der Waals surface area contributed by atoms with Crippen LogP contribution in [0.25, 0.3) is 10.9 Å². The SMILES string of the molecule is COc1ccc2[nH]c3c(c2c1F)C[C@@]1(C)C(=O)N(CCCN(C)CCO)C(=O)N1[C@@H]3C1=CC(O)CC=C1. The minimum absolute atomic E-state index is 0.0348. The number of nitrogens with zero attached hydrogens (tertiary/aromatic N) is 3. The van der Waals surface area contributed by atoms with Crippen molar-refractivity contribution in [3.8, 4) is 5.75 Å². The van der Waals surface area contributed by atoms with E-state index in [1.807, 2.05) is 24.1 Å². The number of H-pyrrole nitrogens is 1. The number of aliphatic hydroxyl groups excluding tert-OH is 2. The maximum Gasteiger partial charge on any atom is 0.328 e. The molecular weight excluding hydrogens is 479 g/mol. The van der Waals surface area contributed by atoms with Crippen LogP contribution in [0, 0.1) is 5.82 Å². The lowest BCUT2D eigenvalue weighted by molar-refractivity contribution is -0.133. The van der Waals surface area contributed by atoms with Crippen LogP contribution in [0.2, 0.25) is 0 Å². The molecule has 2 aromatic rings. The predicted octanol–water partition coefficient (Wildman–Crippen LogP) is 2.50. The van der Waals surface area contributed by atoms with Gasteiger partial charge in [-0.3, -0.25) is 14.6 Å². The Hall–Kier alpha value is -3.21. The number of carbonyl (C=O) groups is 2. The number of methoxy groups -OCH3 is 1. The van der Waals surface area contributed by atoms with Gasteiger partial charge in [-0.05, 0) is 56.6 Å². The predicted molar refractivity (Wildman–Crippen MR) is 136 cm³/mol. The molecule has 1 fully saturated rings. The molecule has 3 atom stereocenters. The quantitative estimate of drug-likeness (QED) is 0.469. The highest BCUT2D eigenvalue weighted by molar-refractivity contribution is 6.08. The second-order valence-corrected chi connectivity index (χ2v) is 10.2. The zero-order valence-corrected chi connectivity index (χ0v) is 21.3. The van der Waals surface area contributed by atoms with Crippen LogP contribution in [0.5, 0.6) is 5.75 Å². The summed E-state index contributed by atoms with van der Waals surface area (Å²) in [6.45, 7) is 3.13. The van der Waals surface area contributed by atoms with Crippen LogP contribution >= 0.6 is 0 Å². The lowest BCUT2D eigenvalue weighted by Crippen LogP contribution is -2.53. The van der Waals surface area contributed by atoms with Gasteiger partial charge in [0.2, 0.25) is 0 Å². The molecule has 1 saturated heterocycles. The van der Waals surface area contributed by atoms with Crippen molar-refractivity contribution in [3.05, 3.63) is 53.0 Å². The summed E-state index contributed by atoms with van der Waals surface area (Å²) in [4.78, 5) is 35.8. The highest BCUT2D eigenvalue weighted by Crippen LogP contribution is 2.50. The van der Waals surface area contributed by atoms with Crippen molar-refractivity contribution in [2.45, 2.75) is 43.9 Å². The van der Waals surface area contributed by atoms with Crippen LogP contribution in [0.3, 0.4) is 0 Å². The molecule has 3 aliphatic rings. The van der Waals surface area contributed by atoms with Crippen molar-refractivity contribution >= 4 is 22.8 Å². The van der Waals surface area contributed by atoms with Crippen LogP contribution in [0.15, 0.2) is 35.9 Å². The Morgan fingerprint density at radius 3 is 2.78 bits per heavy atom. The molecule has 0 spiro atoms. The van der Waals surface area contributed by atoms with Crippen molar-refractivity contribution in [2.24, 2.45) is 0 Å². The van der Waals surface area contributed by atoms with E-state index >= 15 is 4.39 Å². The summed E-state index contributed by atoms with van der Waals surface area (Å²) in [6.07, 6.45) is 5.85. The molecule has 0 saturated carbocycles. The number of ether oxygens (including phenoxy) is 1. The molecule has 3 N–H and O–H groups in total. The lowest BCUT2D eigenvalue weighted by atomic mass is 9.80. The molecule has 9 nitrogen and oxygen atoms in total. The third-order valence-electron chi connectivity index (χ3n) is 7.74. The molecule has 1 aliphatic carbocycles. The summed E-state index contributed by atoms with van der Waals surface area (Å²) in [7, 11) is 3.28. The molecule has 198 valence electrons. The average molecular weight is 513 g/mol. The van der Waals surface area contributed by atoms with Crippen molar-refractivity contribution in [1.82, 2.24) is 19.7 Å². The molecule has 5 rings (SSSR count). The molecule has 0 bridgehead atoms. The summed E-state index contributed by atoms with van der Waals surface area (Å²) in [5, 5.41) is 19.9. The molecule has 37 heavy (non-hydrogen) atoms. The number of aromatic amines is 1. The van der Waals surface area contributed by atoms with Gasteiger partial charge < -0.3 is 24.8 Å². The number of aliphatic hydroxyl groups is 2. The summed E-state index contributed by atoms with van der Waals surface area (Å²) < 4.78 is 20.7. The minimum atomic E-state index is -1.23. The summed E-state index contributed by atoms with van der Waals surface area (Å²) in [5.74, 6) is -0.730. The lowest BCUT2D eigenvalue weighted by Gasteiger charge is -2.43. The van der Waals surface area contributed by atoms with Crippen molar-refractivity contribution in [2.75, 3.05) is 40.4 Å². The first-order chi connectivity index (χ1) is 17.7. The van der Waals surface area contributed by atoms with E-state index in [9.17, 15) is 14.7 Å². The van der Waals surface area contributed by atoms with Gasteiger partial charge in [-0.15, -0.1) is 0 Å². The van der Waals surface area contributed by atoms with E-state index in [4.69, 9.17) is 9.84 Å². The highest BCUT2D eigenvalue weighted by atomic mass is 19.1. The maximum absolute atomic E-state index is 15.5. The van der Waals surface area contributed by atoms with Gasteiger partial charge in [-0.25, -0.2) is 9.18 Å². The van der Waals surface area contributed by atoms with Gasteiger partial charge in [0.25, 0.3) is 5.91 Å². The fourth-order valence-electron chi connectivity index (χ4n) is 5.90. The summed E-state index contributed by atoms with van der Waals surface area (Å²) >= 11 is 0. The van der Waals surface area contributed by atoms with Crippen molar-refractivity contribution in [1.29, 1.82) is 0 Å². The Morgan fingerprint density at radius 2 is 2.08 bits per heavy atom. The van der Waals surface area contributed by atoms with Gasteiger partial charge in [0, 0.05) is 36.1 Å². The van der Waals surface area contributed by atoms with E-state index in [2.05, 4.69) is 4.98 Å². The number of hydrogen-bond donors (Lipinski definition) is 3. The third-order valence-corrected chi connectivity index (χ3v) is 7.74. The molecule has 1 unspecified atom stereocenters. The number of imide groups is 1. The normalized spacial score (nSPS) is 25.2. The Labute approximate surface area is 214 Å². The number of nitrogens with one attached hydrogen (secondary N) is 1. The first kappa shape index (κ1) is 25.4. The van der Waals surface area contributed by atoms with Crippen LogP contribution in [-0.2, 0) is 11.2 Å². The Bertz CT molecular complexity index is 1300. The van der Waals surface area contributed by atoms with Gasteiger partial charge in [0.1, 0.15) is 11.6 Å². The van der Waals surface area contributed by atoms with E-state index in [-0.39, 0.29) is 31.2 Å². The van der Waals surface area contributed by atoms with E-state index in [0.717, 1.165) is 0 Å². The zero-order chi connectivity index (χ0) is 26.5. The van der Waals surface area contributed by atoms with Gasteiger partial charge in [0.15, 0.2) is 11.6 Å². The van der Waals surface area contributed by atoms with Crippen LogP contribution in [0.4, 0.5) is 9.18 Å². The van der Waals surface area contributed by atoms with Gasteiger partial charge in [0.05, 0.1) is 19.8 Å². The number of amides is 3. The average Bonchev–Trinajstić information content (AvgIpc) is 3.31. The molecule has 10 heteroatoms. The summed E-state index contributed by atoms with van der Waals surface area (Å²) in [5.41, 5.74) is 1.27. The van der Waals surface area contributed by atoms with E-state index < -0.39 is 29.5 Å². The van der Waals surface area contributed by atoms with E-state index in [0.29, 0.717) is 53.7 Å². The standard InChI is InChI=1S/C27H33FN4O5/c1-27-15-18-21-19(8-9-20(37-3)22(21)28)29-23(18)24(16-6-4-7-17(34)14-16)32(27)26(36)31(25(27)35)11-5-10-30(2)12-13-33/h4,6,8-9,14,17,24,29,33-34H,5,7,10-13,15H2,1-3H3/t17?,24-,27+/m1/s1. The Balaban J connectivity index is 1.60. The molecule has 2 aliphatic heterocycles. The van der Waals surface area contributed by atoms with Crippen LogP contribution in [-0.4, -0.2) is 93.9 Å². The van der Waals surface area contributed by atoms with Gasteiger partial charge >= 0.3 is 6.03 Å².